The molecule has 0 radical (unpaired) electrons. The van der Waals surface area contributed by atoms with Crippen molar-refractivity contribution in [2.75, 3.05) is 5.73 Å². The van der Waals surface area contributed by atoms with Gasteiger partial charge >= 0.3 is 0 Å². The molecule has 2 aromatic heterocycles. The molecule has 0 spiro atoms. The van der Waals surface area contributed by atoms with Crippen molar-refractivity contribution >= 4 is 24.1 Å². The number of nitrogens with two attached hydrogens (primary N) is 1. The maximum atomic E-state index is 11.3. The van der Waals surface area contributed by atoms with Gasteiger partial charge in [-0.15, -0.1) is 12.4 Å². The van der Waals surface area contributed by atoms with Crippen LogP contribution in [0.15, 0.2) is 47.2 Å². The quantitative estimate of drug-likeness (QED) is 0.703. The average molecular weight is 308 g/mol. The summed E-state index contributed by atoms with van der Waals surface area (Å²) in [4.78, 5) is 11.3. The van der Waals surface area contributed by atoms with Crippen molar-refractivity contribution in [3.05, 3.63) is 48.3 Å². The third-order valence-corrected chi connectivity index (χ3v) is 2.45. The van der Waals surface area contributed by atoms with Crippen molar-refractivity contribution in [3.8, 4) is 11.3 Å². The Morgan fingerprint density at radius 2 is 1.81 bits per heavy atom. The average Bonchev–Trinajstić information content (AvgIpc) is 3.11. The predicted octanol–water partition coefficient (Wildman–Crippen LogP) is 2.35. The third-order valence-electron chi connectivity index (χ3n) is 2.45. The number of aromatic amines is 1. The fraction of sp³-hybridized carbons (Fsp3) is 0.0769. The van der Waals surface area contributed by atoms with Gasteiger partial charge in [0.15, 0.2) is 5.78 Å². The van der Waals surface area contributed by atoms with E-state index in [2.05, 4.69) is 20.6 Å². The molecule has 2 heterocycles. The minimum atomic E-state index is -0.146. The van der Waals surface area contributed by atoms with E-state index in [0.717, 1.165) is 5.56 Å². The summed E-state index contributed by atoms with van der Waals surface area (Å²) in [5, 5.41) is 13.1. The van der Waals surface area contributed by atoms with Gasteiger partial charge in [0.25, 0.3) is 0 Å². The van der Waals surface area contributed by atoms with Gasteiger partial charge in [0.05, 0.1) is 12.4 Å². The Balaban J connectivity index is 0.000000313. The number of Topliss-reactive ketones (excluding diaryl/α,β-unsaturated/α-hetero) is 1. The smallest absolute Gasteiger partial charge is 0.233 e. The molecule has 0 aliphatic rings. The lowest BCUT2D eigenvalue weighted by atomic mass is 10.1. The first-order valence-electron chi connectivity index (χ1n) is 5.81. The number of aromatic nitrogens is 4. The Hall–Kier alpha value is -2.67. The van der Waals surface area contributed by atoms with Gasteiger partial charge in [-0.25, -0.2) is 0 Å². The van der Waals surface area contributed by atoms with Crippen molar-refractivity contribution in [1.29, 1.82) is 0 Å². The van der Waals surface area contributed by atoms with Crippen LogP contribution in [0.3, 0.4) is 0 Å². The molecular weight excluding hydrogens is 294 g/mol. The zero-order valence-electron chi connectivity index (χ0n) is 11.2. The van der Waals surface area contributed by atoms with Gasteiger partial charge in [-0.05, 0) is 6.92 Å². The molecule has 3 N–H and O–H groups in total. The highest BCUT2D eigenvalue weighted by molar-refractivity contribution is 6.03. The largest absolute Gasteiger partial charge is 0.367 e. The number of rotatable bonds is 2. The van der Waals surface area contributed by atoms with E-state index in [0.29, 0.717) is 11.3 Å². The molecule has 110 valence electrons. The number of halogens is 1. The number of nitrogens with one attached hydrogen (secondary N) is 1. The number of hydrogen-bond donors (Lipinski definition) is 2. The van der Waals surface area contributed by atoms with Crippen LogP contribution in [0.5, 0.6) is 0 Å². The monoisotopic (exact) mass is 307 g/mol. The number of H-pyrrole nitrogens is 1. The molecule has 1 aromatic carbocycles. The van der Waals surface area contributed by atoms with Crippen LogP contribution in [-0.2, 0) is 0 Å². The zero-order chi connectivity index (χ0) is 14.4. The fourth-order valence-electron chi connectivity index (χ4n) is 1.60. The highest BCUT2D eigenvalue weighted by Crippen LogP contribution is 2.26. The normalized spacial score (nSPS) is 9.19. The van der Waals surface area contributed by atoms with E-state index >= 15 is 0 Å². The van der Waals surface area contributed by atoms with E-state index in [1.54, 1.807) is 12.4 Å². The van der Waals surface area contributed by atoms with Gasteiger partial charge in [0, 0.05) is 5.56 Å². The molecule has 0 unspecified atom stereocenters. The minimum absolute atomic E-state index is 0. The topological polar surface area (TPSA) is 111 Å². The van der Waals surface area contributed by atoms with Crippen LogP contribution in [0.1, 0.15) is 17.3 Å². The second kappa shape index (κ2) is 7.81. The fourth-order valence-corrected chi connectivity index (χ4v) is 1.60. The Morgan fingerprint density at radius 1 is 1.19 bits per heavy atom. The number of nitrogen functional groups attached to an aromatic ring is 1. The Labute approximate surface area is 126 Å². The standard InChI is InChI=1S/C11H10N2O2.C2H3N3.ClH/c1-7(14)9-10(13-15-11(9)12)8-5-3-2-4-6-8;1-2-4-5-3-1;/h2-6H,12H2,1H3;1-2H,(H,3,4,5);1H. The number of benzene rings is 1. The van der Waals surface area contributed by atoms with Crippen LogP contribution >= 0.6 is 12.4 Å². The molecule has 8 heteroatoms. The molecule has 21 heavy (non-hydrogen) atoms. The third kappa shape index (κ3) is 4.15. The van der Waals surface area contributed by atoms with Gasteiger partial charge in [-0.2, -0.15) is 15.4 Å². The number of anilines is 1. The van der Waals surface area contributed by atoms with Crippen LogP contribution in [0.25, 0.3) is 11.3 Å². The maximum absolute atomic E-state index is 11.3. The number of ketones is 1. The minimum Gasteiger partial charge on any atom is -0.367 e. The highest BCUT2D eigenvalue weighted by atomic mass is 35.5. The first kappa shape index (κ1) is 16.4. The van der Waals surface area contributed by atoms with Crippen molar-refractivity contribution in [2.45, 2.75) is 6.92 Å². The van der Waals surface area contributed by atoms with Crippen LogP contribution in [0.4, 0.5) is 5.88 Å². The van der Waals surface area contributed by atoms with Gasteiger partial charge < -0.3 is 10.3 Å². The van der Waals surface area contributed by atoms with Crippen molar-refractivity contribution < 1.29 is 9.32 Å². The summed E-state index contributed by atoms with van der Waals surface area (Å²) in [5.41, 5.74) is 7.20. The van der Waals surface area contributed by atoms with Crippen LogP contribution in [0, 0.1) is 0 Å². The number of hydrogen-bond acceptors (Lipinski definition) is 6. The molecule has 0 saturated heterocycles. The van der Waals surface area contributed by atoms with Crippen molar-refractivity contribution in [1.82, 2.24) is 20.6 Å². The van der Waals surface area contributed by atoms with E-state index in [4.69, 9.17) is 10.3 Å². The van der Waals surface area contributed by atoms with Crippen LogP contribution < -0.4 is 5.73 Å². The van der Waals surface area contributed by atoms with Gasteiger partial charge in [-0.3, -0.25) is 4.79 Å². The summed E-state index contributed by atoms with van der Waals surface area (Å²) < 4.78 is 4.82. The molecule has 3 aromatic rings. The zero-order valence-corrected chi connectivity index (χ0v) is 12.0. The first-order chi connectivity index (χ1) is 9.70. The van der Waals surface area contributed by atoms with E-state index in [1.807, 2.05) is 30.3 Å². The molecule has 0 aliphatic heterocycles. The Kier molecular flexibility index (Phi) is 6.09. The lowest BCUT2D eigenvalue weighted by Gasteiger charge is -1.97. The summed E-state index contributed by atoms with van der Waals surface area (Å²) in [6, 6.07) is 9.32. The van der Waals surface area contributed by atoms with Crippen molar-refractivity contribution in [3.63, 3.8) is 0 Å². The number of carbonyl (C=O) groups is 1. The van der Waals surface area contributed by atoms with Crippen molar-refractivity contribution in [2.24, 2.45) is 0 Å². The molecule has 0 bridgehead atoms. The Morgan fingerprint density at radius 3 is 2.29 bits per heavy atom. The van der Waals surface area contributed by atoms with E-state index < -0.39 is 0 Å². The highest BCUT2D eigenvalue weighted by Gasteiger charge is 2.18. The molecule has 0 saturated carbocycles. The summed E-state index contributed by atoms with van der Waals surface area (Å²) in [6.45, 7) is 1.44. The van der Waals surface area contributed by atoms with E-state index in [1.165, 1.54) is 6.92 Å². The first-order valence-corrected chi connectivity index (χ1v) is 5.81. The molecule has 0 aliphatic carbocycles. The number of nitrogens with zero attached hydrogens (tertiary/aromatic N) is 3. The summed E-state index contributed by atoms with van der Waals surface area (Å²) in [7, 11) is 0. The molecule has 0 fully saturated rings. The molecule has 0 atom stereocenters. The van der Waals surface area contributed by atoms with E-state index in [9.17, 15) is 4.79 Å². The predicted molar refractivity (Wildman–Crippen MR) is 80.0 cm³/mol. The second-order valence-corrected chi connectivity index (χ2v) is 3.85. The molecule has 7 nitrogen and oxygen atoms in total. The molecule has 3 rings (SSSR count). The van der Waals surface area contributed by atoms with Crippen LogP contribution in [-0.4, -0.2) is 26.4 Å². The maximum Gasteiger partial charge on any atom is 0.233 e. The summed E-state index contributed by atoms with van der Waals surface area (Å²) in [6.07, 6.45) is 3.17. The van der Waals surface area contributed by atoms with Gasteiger partial charge in [0.2, 0.25) is 5.88 Å². The van der Waals surface area contributed by atoms with Gasteiger partial charge in [0.1, 0.15) is 11.3 Å². The summed E-state index contributed by atoms with van der Waals surface area (Å²) >= 11 is 0. The second-order valence-electron chi connectivity index (χ2n) is 3.85. The lowest BCUT2D eigenvalue weighted by molar-refractivity contribution is 0.101. The van der Waals surface area contributed by atoms with Gasteiger partial charge in [-0.1, -0.05) is 35.5 Å². The molecular formula is C13H14ClN5O2. The van der Waals surface area contributed by atoms with E-state index in [-0.39, 0.29) is 24.1 Å². The number of carbonyl (C=O) groups excluding carboxylic acids is 1. The lowest BCUT2D eigenvalue weighted by Crippen LogP contribution is -1.97. The summed E-state index contributed by atoms with van der Waals surface area (Å²) in [5.74, 6) is -0.0750. The molecule has 0 amide bonds. The van der Waals surface area contributed by atoms with Crippen LogP contribution in [0.2, 0.25) is 0 Å². The SMILES string of the molecule is CC(=O)c1c(-c2ccccc2)noc1N.Cl.c1cn[nH]n1. The Bertz CT molecular complexity index is 650.